The molecule has 0 aliphatic carbocycles. The molecule has 1 fully saturated rings. The molecule has 1 N–H and O–H groups in total. The molecule has 2 aromatic heterocycles. The molecule has 10 heteroatoms. The van der Waals surface area contributed by atoms with E-state index in [1.54, 1.807) is 36.7 Å². The van der Waals surface area contributed by atoms with Crippen LogP contribution in [0.1, 0.15) is 6.42 Å². The molecule has 1 aromatic carbocycles. The van der Waals surface area contributed by atoms with Crippen LogP contribution in [0.5, 0.6) is 5.75 Å². The van der Waals surface area contributed by atoms with Gasteiger partial charge in [0, 0.05) is 48.5 Å². The fourth-order valence-electron chi connectivity index (χ4n) is 3.43. The molecule has 156 valence electrons. The van der Waals surface area contributed by atoms with Crippen LogP contribution < -0.4 is 10.1 Å². The SMILES string of the molecule is O=C(COc1cccnc1)NC1CCN(S(=O)(=O)c2cccc3cncc(Cl)c23)C1. The van der Waals surface area contributed by atoms with E-state index in [2.05, 4.69) is 15.3 Å². The molecule has 1 aliphatic rings. The predicted octanol–water partition coefficient (Wildman–Crippen LogP) is 2.24. The topological polar surface area (TPSA) is 101 Å². The van der Waals surface area contributed by atoms with E-state index in [0.717, 1.165) is 0 Å². The lowest BCUT2D eigenvalue weighted by atomic mass is 10.2. The second-order valence-corrected chi connectivity index (χ2v) is 9.18. The Balaban J connectivity index is 1.43. The van der Waals surface area contributed by atoms with Crippen LogP contribution in [0.4, 0.5) is 0 Å². The van der Waals surface area contributed by atoms with Crippen LogP contribution in [0.3, 0.4) is 0 Å². The molecule has 1 amide bonds. The second kappa shape index (κ2) is 8.55. The third-order valence-corrected chi connectivity index (χ3v) is 7.03. The first kappa shape index (κ1) is 20.5. The number of nitrogens with zero attached hydrogens (tertiary/aromatic N) is 3. The molecule has 0 saturated carbocycles. The average molecular weight is 447 g/mol. The Hall–Kier alpha value is -2.75. The summed E-state index contributed by atoms with van der Waals surface area (Å²) in [6.07, 6.45) is 6.65. The first-order valence-corrected chi connectivity index (χ1v) is 11.1. The number of hydrogen-bond acceptors (Lipinski definition) is 6. The number of nitrogens with one attached hydrogen (secondary N) is 1. The molecule has 1 unspecified atom stereocenters. The molecular formula is C20H19ClN4O4S. The summed E-state index contributed by atoms with van der Waals surface area (Å²) in [5.74, 6) is 0.174. The number of amides is 1. The summed E-state index contributed by atoms with van der Waals surface area (Å²) in [7, 11) is -3.78. The Bertz CT molecular complexity index is 1170. The number of aromatic nitrogens is 2. The molecule has 8 nitrogen and oxygen atoms in total. The maximum absolute atomic E-state index is 13.2. The van der Waals surface area contributed by atoms with Gasteiger partial charge in [-0.15, -0.1) is 0 Å². The largest absolute Gasteiger partial charge is 0.482 e. The van der Waals surface area contributed by atoms with Gasteiger partial charge >= 0.3 is 0 Å². The fraction of sp³-hybridized carbons (Fsp3) is 0.250. The van der Waals surface area contributed by atoms with Gasteiger partial charge in [-0.05, 0) is 24.6 Å². The van der Waals surface area contributed by atoms with Gasteiger partial charge in [-0.25, -0.2) is 8.42 Å². The molecule has 0 bridgehead atoms. The molecule has 3 aromatic rings. The van der Waals surface area contributed by atoms with Gasteiger partial charge in [-0.3, -0.25) is 14.8 Å². The van der Waals surface area contributed by atoms with E-state index < -0.39 is 10.0 Å². The number of benzene rings is 1. The van der Waals surface area contributed by atoms with Crippen LogP contribution in [0, 0.1) is 0 Å². The number of hydrogen-bond donors (Lipinski definition) is 1. The van der Waals surface area contributed by atoms with Crippen molar-refractivity contribution in [3.63, 3.8) is 0 Å². The van der Waals surface area contributed by atoms with Crippen LogP contribution in [0.15, 0.2) is 60.0 Å². The number of fused-ring (bicyclic) bond motifs is 1. The van der Waals surface area contributed by atoms with Gasteiger partial charge in [0.25, 0.3) is 5.91 Å². The van der Waals surface area contributed by atoms with Gasteiger partial charge in [-0.2, -0.15) is 4.31 Å². The van der Waals surface area contributed by atoms with Gasteiger partial charge in [-0.1, -0.05) is 23.7 Å². The quantitative estimate of drug-likeness (QED) is 0.623. The third kappa shape index (κ3) is 4.23. The summed E-state index contributed by atoms with van der Waals surface area (Å²) in [6, 6.07) is 8.09. The van der Waals surface area contributed by atoms with Gasteiger partial charge in [0.05, 0.1) is 16.1 Å². The highest BCUT2D eigenvalue weighted by molar-refractivity contribution is 7.89. The van der Waals surface area contributed by atoms with Crippen LogP contribution in [-0.4, -0.2) is 54.3 Å². The minimum absolute atomic E-state index is 0.138. The van der Waals surface area contributed by atoms with Crippen molar-refractivity contribution in [3.8, 4) is 5.75 Å². The highest BCUT2D eigenvalue weighted by atomic mass is 35.5. The Kier molecular flexibility index (Phi) is 5.85. The lowest BCUT2D eigenvalue weighted by Crippen LogP contribution is -2.40. The maximum atomic E-state index is 13.2. The van der Waals surface area contributed by atoms with Gasteiger partial charge < -0.3 is 10.1 Å². The van der Waals surface area contributed by atoms with Gasteiger partial charge in [0.2, 0.25) is 10.0 Å². The summed E-state index contributed by atoms with van der Waals surface area (Å²) in [6.45, 7) is 0.316. The number of halogens is 1. The van der Waals surface area contributed by atoms with E-state index in [1.165, 1.54) is 22.8 Å². The monoisotopic (exact) mass is 446 g/mol. The lowest BCUT2D eigenvalue weighted by molar-refractivity contribution is -0.123. The highest BCUT2D eigenvalue weighted by Crippen LogP contribution is 2.32. The fourth-order valence-corrected chi connectivity index (χ4v) is 5.49. The van der Waals surface area contributed by atoms with Crippen molar-refractivity contribution >= 4 is 38.3 Å². The Morgan fingerprint density at radius 2 is 2.07 bits per heavy atom. The summed E-state index contributed by atoms with van der Waals surface area (Å²) >= 11 is 6.24. The average Bonchev–Trinajstić information content (AvgIpc) is 3.22. The van der Waals surface area contributed by atoms with Crippen molar-refractivity contribution in [2.75, 3.05) is 19.7 Å². The van der Waals surface area contributed by atoms with Crippen LogP contribution in [-0.2, 0) is 14.8 Å². The van der Waals surface area contributed by atoms with Gasteiger partial charge in [0.15, 0.2) is 6.61 Å². The van der Waals surface area contributed by atoms with Crippen molar-refractivity contribution in [1.29, 1.82) is 0 Å². The molecule has 1 saturated heterocycles. The third-order valence-electron chi connectivity index (χ3n) is 4.84. The highest BCUT2D eigenvalue weighted by Gasteiger charge is 2.34. The first-order chi connectivity index (χ1) is 14.4. The summed E-state index contributed by atoms with van der Waals surface area (Å²) in [5, 5.41) is 4.21. The van der Waals surface area contributed by atoms with E-state index >= 15 is 0 Å². The van der Waals surface area contributed by atoms with Crippen molar-refractivity contribution in [2.24, 2.45) is 0 Å². The van der Waals surface area contributed by atoms with Crippen molar-refractivity contribution < 1.29 is 17.9 Å². The first-order valence-electron chi connectivity index (χ1n) is 9.30. The number of ether oxygens (including phenoxy) is 1. The van der Waals surface area contributed by atoms with E-state index in [0.29, 0.717) is 29.5 Å². The molecule has 0 spiro atoms. The number of rotatable bonds is 6. The number of carbonyl (C=O) groups excluding carboxylic acids is 1. The molecule has 30 heavy (non-hydrogen) atoms. The maximum Gasteiger partial charge on any atom is 0.258 e. The zero-order valence-corrected chi connectivity index (χ0v) is 17.4. The standard InChI is InChI=1S/C20H19ClN4O4S/c21-17-11-23-9-14-3-1-5-18(20(14)17)30(27,28)25-8-6-15(12-25)24-19(26)13-29-16-4-2-7-22-10-16/h1-5,7,9-11,15H,6,8,12-13H2,(H,24,26). The molecule has 3 heterocycles. The smallest absolute Gasteiger partial charge is 0.258 e. The molecular weight excluding hydrogens is 428 g/mol. The minimum Gasteiger partial charge on any atom is -0.482 e. The Morgan fingerprint density at radius 3 is 2.87 bits per heavy atom. The van der Waals surface area contributed by atoms with Gasteiger partial charge in [0.1, 0.15) is 5.75 Å². The molecule has 0 radical (unpaired) electrons. The molecule has 1 atom stereocenters. The number of pyridine rings is 2. The van der Waals surface area contributed by atoms with Crippen molar-refractivity contribution in [3.05, 3.63) is 60.1 Å². The summed E-state index contributed by atoms with van der Waals surface area (Å²) < 4.78 is 33.2. The molecule has 1 aliphatic heterocycles. The normalized spacial score (nSPS) is 17.2. The van der Waals surface area contributed by atoms with Crippen LogP contribution in [0.25, 0.3) is 10.8 Å². The summed E-state index contributed by atoms with van der Waals surface area (Å²) in [5.41, 5.74) is 0. The van der Waals surface area contributed by atoms with E-state index in [4.69, 9.17) is 16.3 Å². The Morgan fingerprint density at radius 1 is 1.20 bits per heavy atom. The number of sulfonamides is 1. The van der Waals surface area contributed by atoms with Crippen molar-refractivity contribution in [1.82, 2.24) is 19.6 Å². The number of carbonyl (C=O) groups is 1. The van der Waals surface area contributed by atoms with Crippen molar-refractivity contribution in [2.45, 2.75) is 17.4 Å². The zero-order chi connectivity index (χ0) is 21.1. The van der Waals surface area contributed by atoms with E-state index in [-0.39, 0.29) is 35.0 Å². The summed E-state index contributed by atoms with van der Waals surface area (Å²) in [4.78, 5) is 20.2. The van der Waals surface area contributed by atoms with E-state index in [9.17, 15) is 13.2 Å². The zero-order valence-electron chi connectivity index (χ0n) is 15.9. The lowest BCUT2D eigenvalue weighted by Gasteiger charge is -2.19. The minimum atomic E-state index is -3.78. The van der Waals surface area contributed by atoms with Crippen LogP contribution >= 0.6 is 11.6 Å². The Labute approximate surface area is 178 Å². The second-order valence-electron chi connectivity index (χ2n) is 6.87. The van der Waals surface area contributed by atoms with E-state index in [1.807, 2.05) is 0 Å². The molecule has 4 rings (SSSR count). The predicted molar refractivity (Wildman–Crippen MR) is 112 cm³/mol. The van der Waals surface area contributed by atoms with Crippen LogP contribution in [0.2, 0.25) is 5.02 Å².